The summed E-state index contributed by atoms with van der Waals surface area (Å²) in [6, 6.07) is 6.32. The summed E-state index contributed by atoms with van der Waals surface area (Å²) in [5.74, 6) is -0.907. The molecular weight excluding hydrogens is 376 g/mol. The Morgan fingerprint density at radius 3 is 2.21 bits per heavy atom. The van der Waals surface area contributed by atoms with Crippen molar-refractivity contribution in [3.05, 3.63) is 34.3 Å². The summed E-state index contributed by atoms with van der Waals surface area (Å²) in [7, 11) is 0. The minimum Gasteiger partial charge on any atom is -0.353 e. The van der Waals surface area contributed by atoms with E-state index in [0.29, 0.717) is 12.1 Å². The summed E-state index contributed by atoms with van der Waals surface area (Å²) in [6.07, 6.45) is 0. The summed E-state index contributed by atoms with van der Waals surface area (Å²) in [5.41, 5.74) is 6.21. The lowest BCUT2D eigenvalue weighted by atomic mass is 10.1. The molecule has 1 aromatic rings. The zero-order valence-electron chi connectivity index (χ0n) is 13.8. The summed E-state index contributed by atoms with van der Waals surface area (Å²) in [4.78, 5) is 35.1. The molecule has 0 saturated carbocycles. The van der Waals surface area contributed by atoms with Gasteiger partial charge in [0.25, 0.3) is 5.91 Å². The fraction of sp³-hybridized carbons (Fsp3) is 0.438. The SMILES string of the molecule is CC(C)[C@H](N)C(=O)NCC(=O)NCCNC(=O)c1ccc(Br)cc1. The number of hydrogen-bond donors (Lipinski definition) is 4. The molecule has 8 heteroatoms. The molecule has 0 unspecified atom stereocenters. The number of carbonyl (C=O) groups excluding carboxylic acids is 3. The van der Waals surface area contributed by atoms with Crippen molar-refractivity contribution in [2.24, 2.45) is 11.7 Å². The molecule has 0 aromatic heterocycles. The average Bonchev–Trinajstić information content (AvgIpc) is 2.56. The molecule has 1 atom stereocenters. The second-order valence-electron chi connectivity index (χ2n) is 5.60. The Hall–Kier alpha value is -1.93. The molecule has 0 saturated heterocycles. The van der Waals surface area contributed by atoms with Crippen LogP contribution in [-0.2, 0) is 9.59 Å². The molecule has 0 aliphatic heterocycles. The summed E-state index contributed by atoms with van der Waals surface area (Å²) >= 11 is 3.30. The third-order valence-corrected chi connectivity index (χ3v) is 3.81. The van der Waals surface area contributed by atoms with E-state index in [9.17, 15) is 14.4 Å². The maximum atomic E-state index is 11.8. The molecule has 0 bridgehead atoms. The van der Waals surface area contributed by atoms with E-state index in [1.807, 2.05) is 13.8 Å². The molecular formula is C16H23BrN4O3. The van der Waals surface area contributed by atoms with E-state index >= 15 is 0 Å². The number of amides is 3. The minimum absolute atomic E-state index is 0.00174. The Morgan fingerprint density at radius 2 is 1.62 bits per heavy atom. The van der Waals surface area contributed by atoms with Gasteiger partial charge in [-0.25, -0.2) is 0 Å². The summed E-state index contributed by atoms with van der Waals surface area (Å²) in [5, 5.41) is 7.78. The number of hydrogen-bond acceptors (Lipinski definition) is 4. The Morgan fingerprint density at radius 1 is 1.04 bits per heavy atom. The Bertz CT molecular complexity index is 575. The second kappa shape index (κ2) is 10.0. The van der Waals surface area contributed by atoms with Crippen molar-refractivity contribution in [1.29, 1.82) is 0 Å². The van der Waals surface area contributed by atoms with Crippen molar-refractivity contribution in [3.63, 3.8) is 0 Å². The number of halogens is 1. The predicted octanol–water partition coefficient (Wildman–Crippen LogP) is 0.395. The average molecular weight is 399 g/mol. The van der Waals surface area contributed by atoms with Crippen molar-refractivity contribution < 1.29 is 14.4 Å². The first-order valence-electron chi connectivity index (χ1n) is 7.65. The van der Waals surface area contributed by atoms with Crippen LogP contribution in [0.3, 0.4) is 0 Å². The van der Waals surface area contributed by atoms with Crippen molar-refractivity contribution in [2.45, 2.75) is 19.9 Å². The van der Waals surface area contributed by atoms with E-state index in [1.54, 1.807) is 24.3 Å². The molecule has 0 aliphatic carbocycles. The van der Waals surface area contributed by atoms with Gasteiger partial charge in [-0.1, -0.05) is 29.8 Å². The van der Waals surface area contributed by atoms with Gasteiger partial charge in [-0.2, -0.15) is 0 Å². The predicted molar refractivity (Wildman–Crippen MR) is 95.3 cm³/mol. The molecule has 132 valence electrons. The van der Waals surface area contributed by atoms with Gasteiger partial charge in [-0.3, -0.25) is 14.4 Å². The molecule has 0 radical (unpaired) electrons. The maximum absolute atomic E-state index is 11.8. The van der Waals surface area contributed by atoms with Crippen LogP contribution in [0, 0.1) is 5.92 Å². The van der Waals surface area contributed by atoms with Crippen LogP contribution in [0.2, 0.25) is 0 Å². The van der Waals surface area contributed by atoms with E-state index in [0.717, 1.165) is 4.47 Å². The van der Waals surface area contributed by atoms with Gasteiger partial charge in [0.05, 0.1) is 12.6 Å². The van der Waals surface area contributed by atoms with Gasteiger partial charge in [0, 0.05) is 23.1 Å². The highest BCUT2D eigenvalue weighted by Gasteiger charge is 2.17. The Kier molecular flexibility index (Phi) is 8.42. The standard InChI is InChI=1S/C16H23BrN4O3/c1-10(2)14(18)16(24)21-9-13(22)19-7-8-20-15(23)11-3-5-12(17)6-4-11/h3-6,10,14H,7-9,18H2,1-2H3,(H,19,22)(H,20,23)(H,21,24)/t14-/m0/s1. The third-order valence-electron chi connectivity index (χ3n) is 3.28. The maximum Gasteiger partial charge on any atom is 0.251 e. The van der Waals surface area contributed by atoms with Crippen molar-refractivity contribution >= 4 is 33.7 Å². The Balaban J connectivity index is 2.20. The smallest absolute Gasteiger partial charge is 0.251 e. The lowest BCUT2D eigenvalue weighted by molar-refractivity contribution is -0.127. The number of rotatable bonds is 8. The fourth-order valence-corrected chi connectivity index (χ4v) is 2.00. The van der Waals surface area contributed by atoms with Crippen LogP contribution in [0.5, 0.6) is 0 Å². The van der Waals surface area contributed by atoms with Crippen LogP contribution in [0.15, 0.2) is 28.7 Å². The highest BCUT2D eigenvalue weighted by Crippen LogP contribution is 2.10. The van der Waals surface area contributed by atoms with Crippen molar-refractivity contribution in [3.8, 4) is 0 Å². The van der Waals surface area contributed by atoms with Crippen LogP contribution in [0.25, 0.3) is 0 Å². The Labute approximate surface area is 149 Å². The second-order valence-corrected chi connectivity index (χ2v) is 6.52. The van der Waals surface area contributed by atoms with Gasteiger partial charge in [0.15, 0.2) is 0 Å². The third kappa shape index (κ3) is 7.10. The zero-order valence-corrected chi connectivity index (χ0v) is 15.4. The van der Waals surface area contributed by atoms with Crippen LogP contribution in [0.1, 0.15) is 24.2 Å². The van der Waals surface area contributed by atoms with Crippen LogP contribution >= 0.6 is 15.9 Å². The molecule has 0 spiro atoms. The number of nitrogens with one attached hydrogen (secondary N) is 3. The van der Waals surface area contributed by atoms with E-state index < -0.39 is 6.04 Å². The first-order valence-corrected chi connectivity index (χ1v) is 8.44. The zero-order chi connectivity index (χ0) is 18.1. The molecule has 7 nitrogen and oxygen atoms in total. The van der Waals surface area contributed by atoms with E-state index in [-0.39, 0.29) is 36.7 Å². The quantitative estimate of drug-likeness (QED) is 0.474. The minimum atomic E-state index is -0.636. The topological polar surface area (TPSA) is 113 Å². The van der Waals surface area contributed by atoms with Crippen LogP contribution < -0.4 is 21.7 Å². The molecule has 3 amide bonds. The lowest BCUT2D eigenvalue weighted by Crippen LogP contribution is -2.47. The highest BCUT2D eigenvalue weighted by atomic mass is 79.9. The number of benzene rings is 1. The van der Waals surface area contributed by atoms with Crippen molar-refractivity contribution in [1.82, 2.24) is 16.0 Å². The largest absolute Gasteiger partial charge is 0.353 e. The van der Waals surface area contributed by atoms with E-state index in [1.165, 1.54) is 0 Å². The van der Waals surface area contributed by atoms with Crippen LogP contribution in [0.4, 0.5) is 0 Å². The van der Waals surface area contributed by atoms with Crippen LogP contribution in [-0.4, -0.2) is 43.4 Å². The number of nitrogens with two attached hydrogens (primary N) is 1. The number of carbonyl (C=O) groups is 3. The molecule has 0 fully saturated rings. The van der Waals surface area contributed by atoms with Gasteiger partial charge < -0.3 is 21.7 Å². The van der Waals surface area contributed by atoms with Gasteiger partial charge in [-0.05, 0) is 30.2 Å². The first kappa shape index (κ1) is 20.1. The molecule has 0 aliphatic rings. The lowest BCUT2D eigenvalue weighted by Gasteiger charge is -2.15. The van der Waals surface area contributed by atoms with E-state index in [2.05, 4.69) is 31.9 Å². The molecule has 5 N–H and O–H groups in total. The van der Waals surface area contributed by atoms with Gasteiger partial charge in [-0.15, -0.1) is 0 Å². The molecule has 1 rings (SSSR count). The molecule has 1 aromatic carbocycles. The summed E-state index contributed by atoms with van der Waals surface area (Å²) in [6.45, 7) is 4.09. The van der Waals surface area contributed by atoms with Gasteiger partial charge in [0.1, 0.15) is 0 Å². The highest BCUT2D eigenvalue weighted by molar-refractivity contribution is 9.10. The van der Waals surface area contributed by atoms with Crippen molar-refractivity contribution in [2.75, 3.05) is 19.6 Å². The van der Waals surface area contributed by atoms with Gasteiger partial charge >= 0.3 is 0 Å². The molecule has 24 heavy (non-hydrogen) atoms. The fourth-order valence-electron chi connectivity index (χ4n) is 1.73. The monoisotopic (exact) mass is 398 g/mol. The van der Waals surface area contributed by atoms with E-state index in [4.69, 9.17) is 5.73 Å². The first-order chi connectivity index (χ1) is 11.3. The molecule has 0 heterocycles. The summed E-state index contributed by atoms with van der Waals surface area (Å²) < 4.78 is 0.894. The van der Waals surface area contributed by atoms with Gasteiger partial charge in [0.2, 0.25) is 11.8 Å². The normalized spacial score (nSPS) is 11.7.